The molecule has 134 valence electrons. The quantitative estimate of drug-likeness (QED) is 0.334. The highest BCUT2D eigenvalue weighted by atomic mass is 127. The molecule has 0 aromatic heterocycles. The van der Waals surface area contributed by atoms with Gasteiger partial charge in [-0.15, -0.1) is 24.0 Å². The minimum absolute atomic E-state index is 0. The summed E-state index contributed by atoms with van der Waals surface area (Å²) in [7, 11) is 1.68. The maximum atomic E-state index is 6.11. The van der Waals surface area contributed by atoms with Crippen LogP contribution >= 0.6 is 39.9 Å². The topological polar surface area (TPSA) is 59.6 Å². The molecule has 3 rings (SSSR count). The van der Waals surface area contributed by atoms with Crippen LogP contribution in [0.1, 0.15) is 24.0 Å². The van der Waals surface area contributed by atoms with Gasteiger partial charge in [-0.2, -0.15) is 0 Å². The molecule has 0 heterocycles. The van der Waals surface area contributed by atoms with Crippen LogP contribution in [-0.2, 0) is 16.8 Å². The van der Waals surface area contributed by atoms with Crippen molar-refractivity contribution in [1.82, 2.24) is 0 Å². The van der Waals surface area contributed by atoms with Gasteiger partial charge in [0.2, 0.25) is 0 Å². The normalized spacial score (nSPS) is 15.4. The lowest BCUT2D eigenvalue weighted by Crippen LogP contribution is -2.25. The van der Waals surface area contributed by atoms with E-state index in [9.17, 15) is 0 Å². The summed E-state index contributed by atoms with van der Waals surface area (Å²) in [5, 5.41) is 3.20. The third-order valence-corrected chi connectivity index (χ3v) is 5.12. The monoisotopic (exact) mass is 515 g/mol. The SMILES string of the molecule is COCc1ccccc1NC(N)=NCC1(c2ccccc2Br)CC1.I. The van der Waals surface area contributed by atoms with E-state index >= 15 is 0 Å². The summed E-state index contributed by atoms with van der Waals surface area (Å²) in [4.78, 5) is 4.59. The summed E-state index contributed by atoms with van der Waals surface area (Å²) in [5.41, 5.74) is 9.55. The van der Waals surface area contributed by atoms with Crippen LogP contribution in [0.4, 0.5) is 5.69 Å². The van der Waals surface area contributed by atoms with Gasteiger partial charge in [0.1, 0.15) is 0 Å². The molecule has 0 bridgehead atoms. The van der Waals surface area contributed by atoms with Crippen molar-refractivity contribution >= 4 is 51.6 Å². The van der Waals surface area contributed by atoms with Gasteiger partial charge < -0.3 is 15.8 Å². The van der Waals surface area contributed by atoms with Gasteiger partial charge in [0, 0.05) is 28.2 Å². The molecule has 0 amide bonds. The summed E-state index contributed by atoms with van der Waals surface area (Å²) in [6.45, 7) is 1.23. The number of nitrogens with two attached hydrogens (primary N) is 1. The fourth-order valence-corrected chi connectivity index (χ4v) is 3.60. The smallest absolute Gasteiger partial charge is 0.193 e. The van der Waals surface area contributed by atoms with Crippen molar-refractivity contribution in [2.45, 2.75) is 24.9 Å². The van der Waals surface area contributed by atoms with Crippen LogP contribution in [0.5, 0.6) is 0 Å². The van der Waals surface area contributed by atoms with E-state index in [0.717, 1.165) is 28.6 Å². The summed E-state index contributed by atoms with van der Waals surface area (Å²) < 4.78 is 6.37. The summed E-state index contributed by atoms with van der Waals surface area (Å²) in [5.74, 6) is 0.442. The van der Waals surface area contributed by atoms with Crippen molar-refractivity contribution < 1.29 is 4.74 Å². The van der Waals surface area contributed by atoms with Crippen LogP contribution in [0, 0.1) is 0 Å². The fraction of sp³-hybridized carbons (Fsp3) is 0.316. The summed E-state index contributed by atoms with van der Waals surface area (Å²) in [6.07, 6.45) is 2.29. The molecule has 1 saturated carbocycles. The lowest BCUT2D eigenvalue weighted by molar-refractivity contribution is 0.185. The number of hydrogen-bond donors (Lipinski definition) is 2. The third kappa shape index (κ3) is 4.95. The van der Waals surface area contributed by atoms with E-state index < -0.39 is 0 Å². The van der Waals surface area contributed by atoms with Crippen molar-refractivity contribution in [2.75, 3.05) is 19.0 Å². The number of rotatable bonds is 6. The Bertz CT molecular complexity index is 747. The van der Waals surface area contributed by atoms with Crippen molar-refractivity contribution in [2.24, 2.45) is 10.7 Å². The largest absolute Gasteiger partial charge is 0.380 e. The molecule has 0 aliphatic heterocycles. The number of hydrogen-bond acceptors (Lipinski definition) is 2. The zero-order valence-corrected chi connectivity index (χ0v) is 18.1. The van der Waals surface area contributed by atoms with E-state index in [1.807, 2.05) is 30.3 Å². The highest BCUT2D eigenvalue weighted by molar-refractivity contribution is 14.0. The van der Waals surface area contributed by atoms with Crippen LogP contribution < -0.4 is 11.1 Å². The minimum atomic E-state index is 0. The first-order valence-corrected chi connectivity index (χ1v) is 8.83. The Hall–Kier alpha value is -1.12. The summed E-state index contributed by atoms with van der Waals surface area (Å²) in [6, 6.07) is 16.3. The number of nitrogens with one attached hydrogen (secondary N) is 1. The van der Waals surface area contributed by atoms with E-state index in [1.54, 1.807) is 7.11 Å². The lowest BCUT2D eigenvalue weighted by Gasteiger charge is -2.16. The van der Waals surface area contributed by atoms with Crippen LogP contribution in [0.15, 0.2) is 58.0 Å². The van der Waals surface area contributed by atoms with Gasteiger partial charge in [-0.05, 0) is 30.5 Å². The van der Waals surface area contributed by atoms with Crippen molar-refractivity contribution in [3.63, 3.8) is 0 Å². The van der Waals surface area contributed by atoms with E-state index in [0.29, 0.717) is 19.1 Å². The molecule has 0 unspecified atom stereocenters. The standard InChI is InChI=1S/C19H22BrN3O.HI/c1-24-12-14-6-2-5-9-17(14)23-18(21)22-13-19(10-11-19)15-7-3-4-8-16(15)20;/h2-9H,10-13H2,1H3,(H3,21,22,23);1H. The number of para-hydroxylation sites is 1. The maximum absolute atomic E-state index is 6.11. The fourth-order valence-electron chi connectivity index (χ4n) is 2.89. The lowest BCUT2D eigenvalue weighted by atomic mass is 9.96. The van der Waals surface area contributed by atoms with Crippen LogP contribution in [0.2, 0.25) is 0 Å². The second-order valence-corrected chi connectivity index (χ2v) is 7.03. The van der Waals surface area contributed by atoms with Crippen molar-refractivity contribution in [1.29, 1.82) is 0 Å². The highest BCUT2D eigenvalue weighted by Gasteiger charge is 2.45. The van der Waals surface area contributed by atoms with Gasteiger partial charge >= 0.3 is 0 Å². The molecular weight excluding hydrogens is 493 g/mol. The first kappa shape index (κ1) is 20.2. The van der Waals surface area contributed by atoms with Gasteiger partial charge in [0.15, 0.2) is 5.96 Å². The Labute approximate surface area is 174 Å². The van der Waals surface area contributed by atoms with Gasteiger partial charge in [-0.1, -0.05) is 52.3 Å². The Morgan fingerprint density at radius 3 is 2.56 bits per heavy atom. The number of halogens is 2. The number of aliphatic imine (C=N–C) groups is 1. The first-order chi connectivity index (χ1) is 11.6. The van der Waals surface area contributed by atoms with E-state index in [4.69, 9.17) is 10.5 Å². The Morgan fingerprint density at radius 2 is 1.88 bits per heavy atom. The number of nitrogens with zero attached hydrogens (tertiary/aromatic N) is 1. The Balaban J connectivity index is 0.00000225. The van der Waals surface area contributed by atoms with Gasteiger partial charge in [0.25, 0.3) is 0 Å². The van der Waals surface area contributed by atoms with E-state index in [-0.39, 0.29) is 29.4 Å². The molecule has 0 radical (unpaired) electrons. The molecule has 3 N–H and O–H groups in total. The highest BCUT2D eigenvalue weighted by Crippen LogP contribution is 2.50. The molecule has 25 heavy (non-hydrogen) atoms. The Kier molecular flexibility index (Phi) is 7.27. The molecule has 2 aromatic rings. The predicted octanol–water partition coefficient (Wildman–Crippen LogP) is 4.67. The van der Waals surface area contributed by atoms with Gasteiger partial charge in [-0.25, -0.2) is 0 Å². The third-order valence-electron chi connectivity index (χ3n) is 4.43. The zero-order chi connectivity index (χ0) is 17.0. The number of benzene rings is 2. The van der Waals surface area contributed by atoms with E-state index in [2.05, 4.69) is 44.4 Å². The van der Waals surface area contributed by atoms with Crippen LogP contribution in [-0.4, -0.2) is 19.6 Å². The second kappa shape index (κ2) is 9.00. The molecule has 6 heteroatoms. The number of anilines is 1. The molecule has 2 aromatic carbocycles. The predicted molar refractivity (Wildman–Crippen MR) is 118 cm³/mol. The van der Waals surface area contributed by atoms with Crippen LogP contribution in [0.25, 0.3) is 0 Å². The van der Waals surface area contributed by atoms with Crippen LogP contribution in [0.3, 0.4) is 0 Å². The molecule has 1 aliphatic carbocycles. The molecule has 1 fully saturated rings. The minimum Gasteiger partial charge on any atom is -0.380 e. The number of ether oxygens (including phenoxy) is 1. The summed E-state index contributed by atoms with van der Waals surface area (Å²) >= 11 is 3.65. The number of methoxy groups -OCH3 is 1. The average molecular weight is 516 g/mol. The zero-order valence-electron chi connectivity index (χ0n) is 14.2. The molecule has 1 aliphatic rings. The van der Waals surface area contributed by atoms with Gasteiger partial charge in [0.05, 0.1) is 13.2 Å². The molecule has 0 saturated heterocycles. The molecule has 0 atom stereocenters. The molecular formula is C19H23BrIN3O. The Morgan fingerprint density at radius 1 is 1.20 bits per heavy atom. The van der Waals surface area contributed by atoms with Crippen molar-refractivity contribution in [3.8, 4) is 0 Å². The average Bonchev–Trinajstić information content (AvgIpc) is 3.36. The van der Waals surface area contributed by atoms with Gasteiger partial charge in [-0.3, -0.25) is 4.99 Å². The van der Waals surface area contributed by atoms with Crippen molar-refractivity contribution in [3.05, 3.63) is 64.1 Å². The maximum Gasteiger partial charge on any atom is 0.193 e. The second-order valence-electron chi connectivity index (χ2n) is 6.18. The van der Waals surface area contributed by atoms with E-state index in [1.165, 1.54) is 5.56 Å². The molecule has 0 spiro atoms. The molecule has 4 nitrogen and oxygen atoms in total. The number of guanidine groups is 1. The first-order valence-electron chi connectivity index (χ1n) is 8.03.